The first-order valence-electron chi connectivity index (χ1n) is 10.9. The maximum absolute atomic E-state index is 12.5. The van der Waals surface area contributed by atoms with E-state index in [-0.39, 0.29) is 11.9 Å². The molecule has 0 unspecified atom stereocenters. The van der Waals surface area contributed by atoms with Crippen LogP contribution in [-0.2, 0) is 4.79 Å². The van der Waals surface area contributed by atoms with Gasteiger partial charge in [0.2, 0.25) is 5.91 Å². The zero-order valence-corrected chi connectivity index (χ0v) is 17.0. The SMILES string of the molecule is O=C(Nc1ccc(C2CCN(C(=O)C3CC3)CC2)cc1)N1CC(c2cccnn2)C1. The van der Waals surface area contributed by atoms with Crippen LogP contribution in [0.3, 0.4) is 0 Å². The van der Waals surface area contributed by atoms with Gasteiger partial charge in [0.15, 0.2) is 0 Å². The molecule has 5 rings (SSSR count). The molecule has 156 valence electrons. The van der Waals surface area contributed by atoms with Crippen molar-refractivity contribution in [2.45, 2.75) is 37.5 Å². The smallest absolute Gasteiger partial charge is 0.321 e. The average Bonchev–Trinajstić information content (AvgIpc) is 3.59. The minimum absolute atomic E-state index is 0.0743. The molecule has 0 spiro atoms. The van der Waals surface area contributed by atoms with Gasteiger partial charge in [-0.25, -0.2) is 4.79 Å². The second-order valence-electron chi connectivity index (χ2n) is 8.68. The maximum Gasteiger partial charge on any atom is 0.321 e. The van der Waals surface area contributed by atoms with Gasteiger partial charge in [-0.2, -0.15) is 10.2 Å². The highest BCUT2D eigenvalue weighted by molar-refractivity contribution is 5.90. The van der Waals surface area contributed by atoms with E-state index in [9.17, 15) is 9.59 Å². The highest BCUT2D eigenvalue weighted by atomic mass is 16.2. The molecule has 0 atom stereocenters. The molecular formula is C23H27N5O2. The van der Waals surface area contributed by atoms with E-state index in [2.05, 4.69) is 27.6 Å². The van der Waals surface area contributed by atoms with E-state index in [1.54, 1.807) is 11.1 Å². The summed E-state index contributed by atoms with van der Waals surface area (Å²) in [7, 11) is 0. The lowest BCUT2D eigenvalue weighted by Gasteiger charge is -2.38. The van der Waals surface area contributed by atoms with E-state index in [0.29, 0.717) is 30.8 Å². The lowest BCUT2D eigenvalue weighted by Crippen LogP contribution is -2.50. The van der Waals surface area contributed by atoms with Crippen molar-refractivity contribution >= 4 is 17.6 Å². The lowest BCUT2D eigenvalue weighted by atomic mass is 9.89. The average molecular weight is 406 g/mol. The maximum atomic E-state index is 12.5. The third kappa shape index (κ3) is 4.01. The van der Waals surface area contributed by atoms with Crippen molar-refractivity contribution in [2.24, 2.45) is 5.92 Å². The van der Waals surface area contributed by atoms with Gasteiger partial charge in [-0.3, -0.25) is 4.79 Å². The van der Waals surface area contributed by atoms with Gasteiger partial charge in [0.25, 0.3) is 0 Å². The van der Waals surface area contributed by atoms with Crippen molar-refractivity contribution < 1.29 is 9.59 Å². The summed E-state index contributed by atoms with van der Waals surface area (Å²) in [5.74, 6) is 1.43. The summed E-state index contributed by atoms with van der Waals surface area (Å²) >= 11 is 0. The number of likely N-dealkylation sites (tertiary alicyclic amines) is 2. The number of carbonyl (C=O) groups excluding carboxylic acids is 2. The number of benzene rings is 1. The van der Waals surface area contributed by atoms with E-state index in [1.165, 1.54) is 5.56 Å². The number of hydrogen-bond donors (Lipinski definition) is 1. The Kier molecular flexibility index (Phi) is 5.11. The fraction of sp³-hybridized carbons (Fsp3) is 0.478. The summed E-state index contributed by atoms with van der Waals surface area (Å²) < 4.78 is 0. The molecule has 2 saturated heterocycles. The number of aromatic nitrogens is 2. The number of carbonyl (C=O) groups is 2. The minimum atomic E-state index is -0.0743. The van der Waals surface area contributed by atoms with Crippen LogP contribution in [0.1, 0.15) is 48.8 Å². The molecule has 1 aliphatic carbocycles. The molecule has 1 N–H and O–H groups in total. The summed E-state index contributed by atoms with van der Waals surface area (Å²) in [6.07, 6.45) is 5.84. The Labute approximate surface area is 176 Å². The van der Waals surface area contributed by atoms with Gasteiger partial charge in [-0.05, 0) is 61.4 Å². The second-order valence-corrected chi connectivity index (χ2v) is 8.68. The monoisotopic (exact) mass is 405 g/mol. The first-order valence-corrected chi connectivity index (χ1v) is 10.9. The predicted molar refractivity (Wildman–Crippen MR) is 113 cm³/mol. The largest absolute Gasteiger partial charge is 0.342 e. The molecule has 3 fully saturated rings. The van der Waals surface area contributed by atoms with E-state index in [0.717, 1.165) is 50.2 Å². The molecule has 3 heterocycles. The molecule has 3 amide bonds. The third-order valence-corrected chi connectivity index (χ3v) is 6.55. The van der Waals surface area contributed by atoms with Crippen LogP contribution in [0.4, 0.5) is 10.5 Å². The zero-order chi connectivity index (χ0) is 20.5. The zero-order valence-electron chi connectivity index (χ0n) is 17.0. The summed E-state index contributed by atoms with van der Waals surface area (Å²) in [6.45, 7) is 3.06. The van der Waals surface area contributed by atoms with Crippen LogP contribution in [0.25, 0.3) is 0 Å². The molecule has 0 bridgehead atoms. The molecule has 30 heavy (non-hydrogen) atoms. The predicted octanol–water partition coefficient (Wildman–Crippen LogP) is 3.22. The Hall–Kier alpha value is -2.96. The Morgan fingerprint density at radius 3 is 2.27 bits per heavy atom. The summed E-state index contributed by atoms with van der Waals surface area (Å²) in [6, 6.07) is 11.9. The Bertz CT molecular complexity index is 899. The molecule has 2 aromatic rings. The fourth-order valence-corrected chi connectivity index (χ4v) is 4.43. The molecule has 7 heteroatoms. The van der Waals surface area contributed by atoms with Gasteiger partial charge in [-0.1, -0.05) is 12.1 Å². The van der Waals surface area contributed by atoms with Crippen molar-refractivity contribution in [3.8, 4) is 0 Å². The van der Waals surface area contributed by atoms with Crippen LogP contribution in [-0.4, -0.2) is 58.1 Å². The summed E-state index contributed by atoms with van der Waals surface area (Å²) in [5, 5.41) is 11.0. The van der Waals surface area contributed by atoms with Crippen molar-refractivity contribution in [3.63, 3.8) is 0 Å². The molecule has 1 aromatic carbocycles. The molecular weight excluding hydrogens is 378 g/mol. The Morgan fingerprint density at radius 1 is 0.900 bits per heavy atom. The van der Waals surface area contributed by atoms with E-state index >= 15 is 0 Å². The number of anilines is 1. The number of piperidine rings is 1. The number of nitrogens with one attached hydrogen (secondary N) is 1. The van der Waals surface area contributed by atoms with Crippen LogP contribution in [0.15, 0.2) is 42.6 Å². The van der Waals surface area contributed by atoms with Crippen LogP contribution in [0.2, 0.25) is 0 Å². The van der Waals surface area contributed by atoms with Gasteiger partial charge in [-0.15, -0.1) is 0 Å². The van der Waals surface area contributed by atoms with Crippen molar-refractivity contribution in [1.29, 1.82) is 0 Å². The fourth-order valence-electron chi connectivity index (χ4n) is 4.43. The van der Waals surface area contributed by atoms with Gasteiger partial charge in [0.1, 0.15) is 0 Å². The van der Waals surface area contributed by atoms with E-state index in [4.69, 9.17) is 0 Å². The molecule has 1 aromatic heterocycles. The normalized spacial score (nSPS) is 20.0. The van der Waals surface area contributed by atoms with Gasteiger partial charge in [0, 0.05) is 49.9 Å². The van der Waals surface area contributed by atoms with E-state index < -0.39 is 0 Å². The summed E-state index contributed by atoms with van der Waals surface area (Å²) in [5.41, 5.74) is 3.04. The van der Waals surface area contributed by atoms with Crippen LogP contribution in [0, 0.1) is 5.92 Å². The van der Waals surface area contributed by atoms with E-state index in [1.807, 2.05) is 29.2 Å². The molecule has 3 aliphatic rings. The number of amides is 3. The first kappa shape index (κ1) is 19.0. The molecule has 0 radical (unpaired) electrons. The van der Waals surface area contributed by atoms with Gasteiger partial charge in [0.05, 0.1) is 5.69 Å². The lowest BCUT2D eigenvalue weighted by molar-refractivity contribution is -0.133. The third-order valence-electron chi connectivity index (χ3n) is 6.55. The second kappa shape index (κ2) is 8.05. The van der Waals surface area contributed by atoms with Crippen LogP contribution >= 0.6 is 0 Å². The number of hydrogen-bond acceptors (Lipinski definition) is 4. The highest BCUT2D eigenvalue weighted by Crippen LogP contribution is 2.34. The van der Waals surface area contributed by atoms with Crippen molar-refractivity contribution in [2.75, 3.05) is 31.5 Å². The van der Waals surface area contributed by atoms with Gasteiger partial charge >= 0.3 is 6.03 Å². The first-order chi connectivity index (χ1) is 14.7. The highest BCUT2D eigenvalue weighted by Gasteiger charge is 2.35. The van der Waals surface area contributed by atoms with Crippen LogP contribution in [0.5, 0.6) is 0 Å². The number of nitrogens with zero attached hydrogens (tertiary/aromatic N) is 4. The Morgan fingerprint density at radius 2 is 1.63 bits per heavy atom. The summed E-state index contributed by atoms with van der Waals surface area (Å²) in [4.78, 5) is 28.5. The standard InChI is InChI=1S/C23H27N5O2/c29-22(18-3-4-18)27-12-9-17(10-13-27)16-5-7-20(8-6-16)25-23(30)28-14-19(15-28)21-2-1-11-24-26-21/h1-2,5-8,11,17-19H,3-4,9-10,12-15H2,(H,25,30). The topological polar surface area (TPSA) is 78.4 Å². The number of urea groups is 1. The molecule has 1 saturated carbocycles. The van der Waals surface area contributed by atoms with Gasteiger partial charge < -0.3 is 15.1 Å². The molecule has 2 aliphatic heterocycles. The van der Waals surface area contributed by atoms with Crippen molar-refractivity contribution in [3.05, 3.63) is 53.9 Å². The quantitative estimate of drug-likeness (QED) is 0.847. The van der Waals surface area contributed by atoms with Crippen LogP contribution < -0.4 is 5.32 Å². The van der Waals surface area contributed by atoms with Crippen molar-refractivity contribution in [1.82, 2.24) is 20.0 Å². The minimum Gasteiger partial charge on any atom is -0.342 e. The Balaban J connectivity index is 1.10. The number of rotatable bonds is 4. The molecule has 7 nitrogen and oxygen atoms in total.